The normalized spacial score (nSPS) is 14.6. The zero-order chi connectivity index (χ0) is 25.8. The van der Waals surface area contributed by atoms with Crippen LogP contribution in [0, 0.1) is 13.8 Å². The van der Waals surface area contributed by atoms with Crippen LogP contribution in [0.5, 0.6) is 0 Å². The number of rotatable bonds is 3. The van der Waals surface area contributed by atoms with Crippen molar-refractivity contribution in [3.8, 4) is 5.69 Å². The lowest BCUT2D eigenvalue weighted by atomic mass is 9.83. The van der Waals surface area contributed by atoms with Gasteiger partial charge in [0.05, 0.1) is 11.0 Å². The summed E-state index contributed by atoms with van der Waals surface area (Å²) in [6.07, 6.45) is 5.71. The second kappa shape index (κ2) is 7.48. The van der Waals surface area contributed by atoms with Crippen molar-refractivity contribution < 1.29 is 4.68 Å². The highest BCUT2D eigenvalue weighted by atomic mass is 15.4. The van der Waals surface area contributed by atoms with E-state index in [-0.39, 0.29) is 5.54 Å². The average molecular weight is 495 g/mol. The van der Waals surface area contributed by atoms with Crippen molar-refractivity contribution in [1.29, 1.82) is 0 Å². The Morgan fingerprint density at radius 1 is 0.684 bits per heavy atom. The predicted molar refractivity (Wildman–Crippen MR) is 159 cm³/mol. The van der Waals surface area contributed by atoms with E-state index < -0.39 is 0 Å². The first-order chi connectivity index (χ1) is 18.6. The van der Waals surface area contributed by atoms with Crippen molar-refractivity contribution in [3.63, 3.8) is 0 Å². The molecule has 0 unspecified atom stereocenters. The van der Waals surface area contributed by atoms with Crippen LogP contribution in [0.2, 0.25) is 0 Å². The molecule has 0 amide bonds. The third kappa shape index (κ3) is 2.57. The van der Waals surface area contributed by atoms with Crippen LogP contribution >= 0.6 is 0 Å². The number of para-hydroxylation sites is 3. The monoisotopic (exact) mass is 494 g/mol. The van der Waals surface area contributed by atoms with Crippen LogP contribution in [-0.4, -0.2) is 9.08 Å². The van der Waals surface area contributed by atoms with Crippen LogP contribution in [-0.2, 0) is 12.0 Å². The molecule has 0 N–H and O–H groups in total. The molecular weight excluding hydrogens is 462 g/mol. The van der Waals surface area contributed by atoms with Crippen LogP contribution < -0.4 is 4.68 Å². The molecular formula is C35H32N3+. The number of benzene rings is 4. The molecule has 3 heteroatoms. The van der Waals surface area contributed by atoms with Gasteiger partial charge in [-0.15, -0.1) is 9.20 Å². The number of hydrogen-bond donors (Lipinski definition) is 0. The van der Waals surface area contributed by atoms with Crippen molar-refractivity contribution in [2.24, 2.45) is 0 Å². The molecule has 3 nitrogen and oxygen atoms in total. The van der Waals surface area contributed by atoms with Crippen molar-refractivity contribution >= 4 is 49.0 Å². The molecule has 8 rings (SSSR count). The van der Waals surface area contributed by atoms with Crippen molar-refractivity contribution in [2.45, 2.75) is 52.5 Å². The Balaban J connectivity index is 1.69. The van der Waals surface area contributed by atoms with Crippen LogP contribution in [0.3, 0.4) is 0 Å². The fraction of sp³-hybridized carbons (Fsp3) is 0.229. The summed E-state index contributed by atoms with van der Waals surface area (Å²) in [6, 6.07) is 29.5. The van der Waals surface area contributed by atoms with Gasteiger partial charge in [0.1, 0.15) is 16.7 Å². The van der Waals surface area contributed by atoms with Gasteiger partial charge in [-0.2, -0.15) is 0 Å². The Bertz CT molecular complexity index is 2050. The van der Waals surface area contributed by atoms with Gasteiger partial charge in [-0.05, 0) is 54.1 Å². The SMILES string of the molecule is CCC1(CC)Cc2cccc3c4cc(C)c(C)cc4c4c(-n5c6ccccc6c6ccccc65)c[n+]1n4c23. The summed E-state index contributed by atoms with van der Waals surface area (Å²) in [5, 5.41) is 6.64. The van der Waals surface area contributed by atoms with E-state index in [9.17, 15) is 0 Å². The number of aryl methyl sites for hydroxylation is 2. The first-order valence-corrected chi connectivity index (χ1v) is 14.0. The Kier molecular flexibility index (Phi) is 4.31. The molecule has 0 aliphatic carbocycles. The molecule has 186 valence electrons. The molecule has 0 saturated carbocycles. The highest BCUT2D eigenvalue weighted by Crippen LogP contribution is 2.42. The fourth-order valence-corrected chi connectivity index (χ4v) is 7.31. The molecule has 0 bridgehead atoms. The summed E-state index contributed by atoms with van der Waals surface area (Å²) in [5.41, 5.74) is 10.6. The standard InChI is InChI=1S/C35H32N3/c1-5-35(6-2)20-24-12-11-15-27-28-18-22(3)23(4)19-29(28)34-32(21-36(35)38(34)33(24)27)37-30-16-9-7-13-25(30)26-14-8-10-17-31(26)37/h7-19,21H,5-6,20H2,1-4H3/q+1. The molecule has 4 aromatic carbocycles. The van der Waals surface area contributed by atoms with Gasteiger partial charge in [0.25, 0.3) is 0 Å². The van der Waals surface area contributed by atoms with E-state index in [0.717, 1.165) is 19.3 Å². The fourth-order valence-electron chi connectivity index (χ4n) is 7.31. The van der Waals surface area contributed by atoms with E-state index >= 15 is 0 Å². The second-order valence-corrected chi connectivity index (χ2v) is 11.3. The summed E-state index contributed by atoms with van der Waals surface area (Å²) in [6.45, 7) is 9.20. The second-order valence-electron chi connectivity index (χ2n) is 11.3. The smallest absolute Gasteiger partial charge is 0.221 e. The first kappa shape index (κ1) is 21.9. The summed E-state index contributed by atoms with van der Waals surface area (Å²) < 4.78 is 7.70. The van der Waals surface area contributed by atoms with Crippen LogP contribution in [0.1, 0.15) is 43.4 Å². The topological polar surface area (TPSA) is 13.2 Å². The van der Waals surface area contributed by atoms with Crippen LogP contribution in [0.25, 0.3) is 54.7 Å². The minimum absolute atomic E-state index is 0.0363. The van der Waals surface area contributed by atoms with Gasteiger partial charge >= 0.3 is 0 Å². The van der Waals surface area contributed by atoms with Gasteiger partial charge in [-0.1, -0.05) is 74.5 Å². The zero-order valence-corrected chi connectivity index (χ0v) is 22.5. The Morgan fingerprint density at radius 3 is 1.95 bits per heavy atom. The number of hydrogen-bond acceptors (Lipinski definition) is 0. The molecule has 7 aromatic rings. The summed E-state index contributed by atoms with van der Waals surface area (Å²) in [4.78, 5) is 0. The quantitative estimate of drug-likeness (QED) is 0.173. The predicted octanol–water partition coefficient (Wildman–Crippen LogP) is 8.32. The highest BCUT2D eigenvalue weighted by Gasteiger charge is 2.45. The summed E-state index contributed by atoms with van der Waals surface area (Å²) in [5.74, 6) is 0. The highest BCUT2D eigenvalue weighted by molar-refractivity contribution is 6.16. The average Bonchev–Trinajstić information content (AvgIpc) is 3.50. The molecule has 0 spiro atoms. The molecule has 1 aliphatic rings. The summed E-state index contributed by atoms with van der Waals surface area (Å²) in [7, 11) is 0. The van der Waals surface area contributed by atoms with E-state index in [2.05, 4.69) is 127 Å². The van der Waals surface area contributed by atoms with Gasteiger partial charge < -0.3 is 4.57 Å². The number of aromatic nitrogens is 3. The van der Waals surface area contributed by atoms with Gasteiger partial charge in [0, 0.05) is 40.8 Å². The molecule has 0 fully saturated rings. The van der Waals surface area contributed by atoms with E-state index in [1.54, 1.807) is 0 Å². The molecule has 38 heavy (non-hydrogen) atoms. The molecule has 0 saturated heterocycles. The number of pyridine rings is 1. The van der Waals surface area contributed by atoms with E-state index in [1.807, 2.05) is 0 Å². The van der Waals surface area contributed by atoms with Gasteiger partial charge in [0.2, 0.25) is 6.20 Å². The van der Waals surface area contributed by atoms with E-state index in [0.29, 0.717) is 0 Å². The minimum atomic E-state index is 0.0363. The zero-order valence-electron chi connectivity index (χ0n) is 22.5. The Morgan fingerprint density at radius 2 is 1.29 bits per heavy atom. The first-order valence-electron chi connectivity index (χ1n) is 14.0. The van der Waals surface area contributed by atoms with Crippen molar-refractivity contribution in [1.82, 2.24) is 9.08 Å². The summed E-state index contributed by atoms with van der Waals surface area (Å²) >= 11 is 0. The van der Waals surface area contributed by atoms with Crippen molar-refractivity contribution in [2.75, 3.05) is 0 Å². The molecule has 0 atom stereocenters. The third-order valence-electron chi connectivity index (χ3n) is 9.57. The molecule has 1 aliphatic heterocycles. The molecule has 3 aromatic heterocycles. The lowest BCUT2D eigenvalue weighted by Crippen LogP contribution is -2.62. The molecule has 0 radical (unpaired) electrons. The molecule has 4 heterocycles. The van der Waals surface area contributed by atoms with Gasteiger partial charge in [0.15, 0.2) is 5.54 Å². The van der Waals surface area contributed by atoms with Crippen LogP contribution in [0.4, 0.5) is 0 Å². The largest absolute Gasteiger partial charge is 0.302 e. The Labute approximate surface area is 222 Å². The number of nitrogens with zero attached hydrogens (tertiary/aromatic N) is 3. The lowest BCUT2D eigenvalue weighted by Gasteiger charge is -2.30. The number of fused-ring (bicyclic) bond motifs is 6. The van der Waals surface area contributed by atoms with E-state index in [4.69, 9.17) is 0 Å². The Hall–Kier alpha value is -4.11. The van der Waals surface area contributed by atoms with E-state index in [1.165, 1.54) is 71.4 Å². The lowest BCUT2D eigenvalue weighted by molar-refractivity contribution is -0.822. The van der Waals surface area contributed by atoms with Crippen molar-refractivity contribution in [3.05, 3.63) is 102 Å². The van der Waals surface area contributed by atoms with Gasteiger partial charge in [-0.3, -0.25) is 0 Å². The van der Waals surface area contributed by atoms with Gasteiger partial charge in [-0.25, -0.2) is 0 Å². The maximum absolute atomic E-state index is 2.60. The maximum Gasteiger partial charge on any atom is 0.221 e. The minimum Gasteiger partial charge on any atom is -0.302 e. The maximum atomic E-state index is 2.60. The third-order valence-corrected chi connectivity index (χ3v) is 9.57. The van der Waals surface area contributed by atoms with Crippen LogP contribution in [0.15, 0.2) is 85.1 Å².